The number of carbonyl (C=O) groups is 1. The lowest BCUT2D eigenvalue weighted by Crippen LogP contribution is -2.28. The van der Waals surface area contributed by atoms with Gasteiger partial charge in [-0.2, -0.15) is 21.6 Å². The van der Waals surface area contributed by atoms with Gasteiger partial charge in [-0.05, 0) is 18.8 Å². The van der Waals surface area contributed by atoms with Crippen LogP contribution < -0.4 is 0 Å². The molecule has 0 spiro atoms. The van der Waals surface area contributed by atoms with Crippen molar-refractivity contribution in [2.24, 2.45) is 5.92 Å². The molecule has 0 bridgehead atoms. The first-order valence-electron chi connectivity index (χ1n) is 5.39. The molecular formula is C10H13F3O5S. The summed E-state index contributed by atoms with van der Waals surface area (Å²) in [4.78, 5) is 11.4. The van der Waals surface area contributed by atoms with Crippen molar-refractivity contribution in [1.82, 2.24) is 0 Å². The SMILES string of the molecule is COC(=O)C1=C(OS(=O)(=O)C(F)(F)F)C[C@H](C)CC1. The van der Waals surface area contributed by atoms with Crippen molar-refractivity contribution >= 4 is 16.1 Å². The molecule has 1 aliphatic rings. The van der Waals surface area contributed by atoms with Crippen LogP contribution in [0.2, 0.25) is 0 Å². The van der Waals surface area contributed by atoms with Crippen molar-refractivity contribution in [2.45, 2.75) is 31.7 Å². The molecule has 19 heavy (non-hydrogen) atoms. The van der Waals surface area contributed by atoms with Gasteiger partial charge in [0.15, 0.2) is 0 Å². The molecule has 1 atom stereocenters. The minimum absolute atomic E-state index is 0.0558. The predicted molar refractivity (Wildman–Crippen MR) is 58.1 cm³/mol. The molecule has 0 N–H and O–H groups in total. The average Bonchev–Trinajstić information content (AvgIpc) is 2.26. The van der Waals surface area contributed by atoms with Crippen molar-refractivity contribution in [1.29, 1.82) is 0 Å². The highest BCUT2D eigenvalue weighted by Crippen LogP contribution is 2.35. The van der Waals surface area contributed by atoms with Crippen molar-refractivity contribution < 1.29 is 35.3 Å². The summed E-state index contributed by atoms with van der Waals surface area (Å²) in [6.07, 6.45) is 0.611. The molecule has 0 unspecified atom stereocenters. The first-order chi connectivity index (χ1) is 8.58. The zero-order chi connectivity index (χ0) is 14.8. The van der Waals surface area contributed by atoms with E-state index >= 15 is 0 Å². The van der Waals surface area contributed by atoms with Gasteiger partial charge >= 0.3 is 21.6 Å². The van der Waals surface area contributed by atoms with E-state index in [-0.39, 0.29) is 24.3 Å². The standard InChI is InChI=1S/C10H13F3O5S/c1-6-3-4-7(9(14)17-2)8(5-6)18-19(15,16)10(11,12)13/h6H,3-5H2,1-2H3/t6-/m1/s1. The smallest absolute Gasteiger partial charge is 0.466 e. The van der Waals surface area contributed by atoms with Crippen molar-refractivity contribution in [2.75, 3.05) is 7.11 Å². The number of hydrogen-bond acceptors (Lipinski definition) is 5. The van der Waals surface area contributed by atoms with Gasteiger partial charge < -0.3 is 8.92 Å². The Morgan fingerprint density at radius 2 is 1.95 bits per heavy atom. The fourth-order valence-electron chi connectivity index (χ4n) is 1.67. The van der Waals surface area contributed by atoms with Gasteiger partial charge in [-0.25, -0.2) is 4.79 Å². The lowest BCUT2D eigenvalue weighted by atomic mass is 9.89. The molecule has 0 saturated carbocycles. The predicted octanol–water partition coefficient (Wildman–Crippen LogP) is 2.10. The number of rotatable bonds is 3. The first kappa shape index (κ1) is 15.8. The summed E-state index contributed by atoms with van der Waals surface area (Å²) < 4.78 is 67.1. The van der Waals surface area contributed by atoms with Gasteiger partial charge in [0.2, 0.25) is 0 Å². The lowest BCUT2D eigenvalue weighted by Gasteiger charge is -2.23. The molecule has 0 amide bonds. The van der Waals surface area contributed by atoms with E-state index < -0.39 is 27.4 Å². The number of carbonyl (C=O) groups excluding carboxylic acids is 1. The van der Waals surface area contributed by atoms with E-state index in [0.717, 1.165) is 7.11 Å². The Labute approximate surface area is 108 Å². The molecular weight excluding hydrogens is 289 g/mol. The van der Waals surface area contributed by atoms with E-state index in [1.807, 2.05) is 0 Å². The van der Waals surface area contributed by atoms with Gasteiger partial charge in [0, 0.05) is 6.42 Å². The van der Waals surface area contributed by atoms with Crippen molar-refractivity contribution in [3.05, 3.63) is 11.3 Å². The van der Waals surface area contributed by atoms with E-state index in [9.17, 15) is 26.4 Å². The fraction of sp³-hybridized carbons (Fsp3) is 0.700. The van der Waals surface area contributed by atoms with Crippen LogP contribution in [0.15, 0.2) is 11.3 Å². The molecule has 0 aromatic heterocycles. The third-order valence-corrected chi connectivity index (χ3v) is 3.67. The van der Waals surface area contributed by atoms with E-state index in [0.29, 0.717) is 6.42 Å². The Morgan fingerprint density at radius 1 is 1.37 bits per heavy atom. The topological polar surface area (TPSA) is 69.7 Å². The number of hydrogen-bond donors (Lipinski definition) is 0. The molecule has 9 heteroatoms. The van der Waals surface area contributed by atoms with Gasteiger partial charge in [0.25, 0.3) is 0 Å². The maximum atomic E-state index is 12.2. The minimum Gasteiger partial charge on any atom is -0.466 e. The van der Waals surface area contributed by atoms with Gasteiger partial charge in [0.05, 0.1) is 12.7 Å². The lowest BCUT2D eigenvalue weighted by molar-refractivity contribution is -0.136. The third-order valence-electron chi connectivity index (χ3n) is 2.68. The summed E-state index contributed by atoms with van der Waals surface area (Å²) in [7, 11) is -4.70. The van der Waals surface area contributed by atoms with Crippen LogP contribution in [0.3, 0.4) is 0 Å². The van der Waals surface area contributed by atoms with Crippen LogP contribution in [0.25, 0.3) is 0 Å². The first-order valence-corrected chi connectivity index (χ1v) is 6.80. The molecule has 0 radical (unpaired) electrons. The zero-order valence-electron chi connectivity index (χ0n) is 10.3. The molecule has 1 rings (SSSR count). The second-order valence-electron chi connectivity index (χ2n) is 4.22. The summed E-state index contributed by atoms with van der Waals surface area (Å²) >= 11 is 0. The van der Waals surface area contributed by atoms with E-state index in [2.05, 4.69) is 8.92 Å². The van der Waals surface area contributed by atoms with Gasteiger partial charge in [0.1, 0.15) is 5.76 Å². The normalized spacial score (nSPS) is 21.2. The molecule has 0 fully saturated rings. The molecule has 5 nitrogen and oxygen atoms in total. The Balaban J connectivity index is 3.12. The number of ether oxygens (including phenoxy) is 1. The summed E-state index contributed by atoms with van der Waals surface area (Å²) in [5.41, 5.74) is -5.68. The van der Waals surface area contributed by atoms with Crippen LogP contribution in [0, 0.1) is 5.92 Å². The molecule has 110 valence electrons. The van der Waals surface area contributed by atoms with Crippen LogP contribution in [-0.4, -0.2) is 27.0 Å². The highest BCUT2D eigenvalue weighted by molar-refractivity contribution is 7.87. The fourth-order valence-corrected chi connectivity index (χ4v) is 2.20. The summed E-state index contributed by atoms with van der Waals surface area (Å²) in [6, 6.07) is 0. The van der Waals surface area contributed by atoms with Crippen LogP contribution in [0.5, 0.6) is 0 Å². The van der Waals surface area contributed by atoms with Crippen molar-refractivity contribution in [3.63, 3.8) is 0 Å². The average molecular weight is 302 g/mol. The van der Waals surface area contributed by atoms with Gasteiger partial charge in [-0.3, -0.25) is 0 Å². The quantitative estimate of drug-likeness (QED) is 0.453. The monoisotopic (exact) mass is 302 g/mol. The minimum atomic E-state index is -5.76. The number of halogens is 3. The molecule has 0 aromatic carbocycles. The van der Waals surface area contributed by atoms with Gasteiger partial charge in [-0.1, -0.05) is 6.92 Å². The van der Waals surface area contributed by atoms with Crippen LogP contribution in [0.1, 0.15) is 26.2 Å². The Bertz CT molecular complexity index is 492. The van der Waals surface area contributed by atoms with Crippen LogP contribution in [-0.2, 0) is 23.8 Å². The van der Waals surface area contributed by atoms with Crippen LogP contribution >= 0.6 is 0 Å². The second kappa shape index (κ2) is 5.40. The van der Waals surface area contributed by atoms with Crippen LogP contribution in [0.4, 0.5) is 13.2 Å². The summed E-state index contributed by atoms with van der Waals surface area (Å²) in [5, 5.41) is 0. The molecule has 1 aliphatic carbocycles. The Hall–Kier alpha value is -1.25. The Morgan fingerprint density at radius 3 is 2.42 bits per heavy atom. The second-order valence-corrected chi connectivity index (χ2v) is 5.76. The number of allylic oxidation sites excluding steroid dienone is 1. The molecule has 0 saturated heterocycles. The van der Waals surface area contributed by atoms with E-state index in [1.54, 1.807) is 6.92 Å². The Kier molecular flexibility index (Phi) is 4.49. The molecule has 0 aromatic rings. The zero-order valence-corrected chi connectivity index (χ0v) is 11.1. The largest absolute Gasteiger partial charge is 0.534 e. The van der Waals surface area contributed by atoms with Crippen molar-refractivity contribution in [3.8, 4) is 0 Å². The molecule has 0 aliphatic heterocycles. The highest BCUT2D eigenvalue weighted by atomic mass is 32.2. The highest BCUT2D eigenvalue weighted by Gasteiger charge is 2.49. The maximum Gasteiger partial charge on any atom is 0.534 e. The summed E-state index contributed by atoms with van der Waals surface area (Å²) in [5.74, 6) is -1.44. The number of alkyl halides is 3. The third kappa shape index (κ3) is 3.62. The maximum absolute atomic E-state index is 12.2. The number of esters is 1. The molecule has 0 heterocycles. The number of methoxy groups -OCH3 is 1. The van der Waals surface area contributed by atoms with E-state index in [4.69, 9.17) is 0 Å². The summed E-state index contributed by atoms with van der Waals surface area (Å²) in [6.45, 7) is 1.72. The van der Waals surface area contributed by atoms with Gasteiger partial charge in [-0.15, -0.1) is 0 Å². The van der Waals surface area contributed by atoms with E-state index in [1.165, 1.54) is 0 Å².